The lowest BCUT2D eigenvalue weighted by molar-refractivity contribution is -0.111. The Morgan fingerprint density at radius 1 is 1.19 bits per heavy atom. The van der Waals surface area contributed by atoms with Gasteiger partial charge in [-0.25, -0.2) is 0 Å². The minimum atomic E-state index is -0.203. The van der Waals surface area contributed by atoms with Gasteiger partial charge in [0, 0.05) is 22.7 Å². The molecule has 3 rings (SSSR count). The first-order chi connectivity index (χ1) is 14.9. The summed E-state index contributed by atoms with van der Waals surface area (Å²) >= 11 is 3.42. The number of carbonyl (C=O) groups excluding carboxylic acids is 1. The molecule has 31 heavy (non-hydrogen) atoms. The van der Waals surface area contributed by atoms with Gasteiger partial charge in [-0.1, -0.05) is 22.0 Å². The molecule has 0 aliphatic heterocycles. The van der Waals surface area contributed by atoms with Crippen LogP contribution in [0.4, 0.5) is 5.69 Å². The Labute approximate surface area is 191 Å². The first kappa shape index (κ1) is 22.6. The molecule has 162 valence electrons. The summed E-state index contributed by atoms with van der Waals surface area (Å²) in [5.41, 5.74) is 4.28. The lowest BCUT2D eigenvalue weighted by atomic mass is 10.1. The number of hydrogen-bond donors (Lipinski definition) is 1. The average molecular weight is 484 g/mol. The number of amides is 1. The number of rotatable bonds is 8. The fourth-order valence-corrected chi connectivity index (χ4v) is 3.49. The van der Waals surface area contributed by atoms with E-state index in [1.54, 1.807) is 13.2 Å². The topological polar surface area (TPSA) is 65.4 Å². The number of ether oxygens (including phenoxy) is 2. The maximum atomic E-state index is 12.4. The highest BCUT2D eigenvalue weighted by molar-refractivity contribution is 9.10. The van der Waals surface area contributed by atoms with Gasteiger partial charge in [-0.3, -0.25) is 9.48 Å². The Balaban J connectivity index is 1.70. The third-order valence-electron chi connectivity index (χ3n) is 4.87. The number of aromatic nitrogens is 2. The van der Waals surface area contributed by atoms with E-state index in [1.165, 1.54) is 6.08 Å². The first-order valence-corrected chi connectivity index (χ1v) is 10.8. The zero-order valence-corrected chi connectivity index (χ0v) is 19.7. The summed E-state index contributed by atoms with van der Waals surface area (Å²) in [4.78, 5) is 12.4. The second kappa shape index (κ2) is 10.3. The predicted octanol–water partition coefficient (Wildman–Crippen LogP) is 5.52. The molecule has 3 aromatic rings. The molecule has 2 aromatic carbocycles. The van der Waals surface area contributed by atoms with Crippen molar-refractivity contribution in [1.82, 2.24) is 9.78 Å². The summed E-state index contributed by atoms with van der Waals surface area (Å²) in [7, 11) is 1.63. The summed E-state index contributed by atoms with van der Waals surface area (Å²) in [5.74, 6) is 1.30. The van der Waals surface area contributed by atoms with Gasteiger partial charge in [-0.15, -0.1) is 0 Å². The monoisotopic (exact) mass is 483 g/mol. The number of nitrogens with one attached hydrogen (secondary N) is 1. The number of methoxy groups -OCH3 is 1. The van der Waals surface area contributed by atoms with Crippen LogP contribution in [-0.4, -0.2) is 22.8 Å². The van der Waals surface area contributed by atoms with Crippen LogP contribution in [0.25, 0.3) is 6.08 Å². The molecule has 1 heterocycles. The van der Waals surface area contributed by atoms with E-state index in [2.05, 4.69) is 26.3 Å². The van der Waals surface area contributed by atoms with E-state index in [0.29, 0.717) is 6.61 Å². The fraction of sp³-hybridized carbons (Fsp3) is 0.250. The fourth-order valence-electron chi connectivity index (χ4n) is 3.23. The number of halogens is 1. The molecule has 0 saturated heterocycles. The number of carbonyl (C=O) groups is 1. The SMILES string of the molecule is CCn1nc(C)c(NC(=O)C=Cc2ccc(OC)c(COc3ccc(Br)cc3)c2)c1C. The third kappa shape index (κ3) is 5.76. The van der Waals surface area contributed by atoms with Gasteiger partial charge < -0.3 is 14.8 Å². The van der Waals surface area contributed by atoms with Crippen molar-refractivity contribution in [3.8, 4) is 11.5 Å². The van der Waals surface area contributed by atoms with E-state index < -0.39 is 0 Å². The predicted molar refractivity (Wildman–Crippen MR) is 127 cm³/mol. The zero-order chi connectivity index (χ0) is 22.4. The normalized spacial score (nSPS) is 11.0. The van der Waals surface area contributed by atoms with E-state index in [1.807, 2.05) is 67.9 Å². The maximum Gasteiger partial charge on any atom is 0.248 e. The van der Waals surface area contributed by atoms with Crippen molar-refractivity contribution in [2.75, 3.05) is 12.4 Å². The van der Waals surface area contributed by atoms with Crippen molar-refractivity contribution in [2.24, 2.45) is 0 Å². The molecule has 0 saturated carbocycles. The highest BCUT2D eigenvalue weighted by Crippen LogP contribution is 2.24. The molecule has 0 bridgehead atoms. The Hall–Kier alpha value is -3.06. The highest BCUT2D eigenvalue weighted by atomic mass is 79.9. The van der Waals surface area contributed by atoms with Crippen LogP contribution in [0.1, 0.15) is 29.4 Å². The van der Waals surface area contributed by atoms with Gasteiger partial charge in [0.25, 0.3) is 0 Å². The quantitative estimate of drug-likeness (QED) is 0.428. The van der Waals surface area contributed by atoms with Crippen LogP contribution in [0.3, 0.4) is 0 Å². The van der Waals surface area contributed by atoms with Crippen LogP contribution in [0, 0.1) is 13.8 Å². The summed E-state index contributed by atoms with van der Waals surface area (Å²) in [6.07, 6.45) is 3.29. The zero-order valence-electron chi connectivity index (χ0n) is 18.1. The van der Waals surface area contributed by atoms with Gasteiger partial charge in [0.05, 0.1) is 24.2 Å². The van der Waals surface area contributed by atoms with Crippen LogP contribution in [0.15, 0.2) is 53.0 Å². The molecular formula is C24H26BrN3O3. The lowest BCUT2D eigenvalue weighted by Gasteiger charge is -2.11. The standard InChI is InChI=1S/C24H26BrN3O3/c1-5-28-17(3)24(16(2)27-28)26-23(29)13-7-18-6-12-22(30-4)19(14-18)15-31-21-10-8-20(25)9-11-21/h6-14H,5,15H2,1-4H3,(H,26,29). The number of aryl methyl sites for hydroxylation is 2. The molecule has 0 fully saturated rings. The number of hydrogen-bond acceptors (Lipinski definition) is 4. The second-order valence-corrected chi connectivity index (χ2v) is 7.91. The molecule has 0 unspecified atom stereocenters. The summed E-state index contributed by atoms with van der Waals surface area (Å²) in [6.45, 7) is 6.97. The van der Waals surface area contributed by atoms with Gasteiger partial charge >= 0.3 is 0 Å². The molecule has 0 aliphatic rings. The number of benzene rings is 2. The summed E-state index contributed by atoms with van der Waals surface area (Å²) in [5, 5.41) is 7.36. The van der Waals surface area contributed by atoms with Crippen molar-refractivity contribution >= 4 is 33.6 Å². The molecule has 6 nitrogen and oxygen atoms in total. The van der Waals surface area contributed by atoms with Crippen molar-refractivity contribution < 1.29 is 14.3 Å². The Bertz CT molecular complexity index is 1090. The number of nitrogens with zero attached hydrogens (tertiary/aromatic N) is 2. The smallest absolute Gasteiger partial charge is 0.248 e. The Morgan fingerprint density at radius 3 is 2.58 bits per heavy atom. The van der Waals surface area contributed by atoms with E-state index in [4.69, 9.17) is 9.47 Å². The summed E-state index contributed by atoms with van der Waals surface area (Å²) < 4.78 is 14.2. The minimum absolute atomic E-state index is 0.203. The molecule has 1 aromatic heterocycles. The highest BCUT2D eigenvalue weighted by Gasteiger charge is 2.12. The Kier molecular flexibility index (Phi) is 7.52. The van der Waals surface area contributed by atoms with Crippen molar-refractivity contribution in [2.45, 2.75) is 33.9 Å². The van der Waals surface area contributed by atoms with Crippen LogP contribution in [0.5, 0.6) is 11.5 Å². The van der Waals surface area contributed by atoms with Crippen molar-refractivity contribution in [3.05, 3.63) is 75.5 Å². The van der Waals surface area contributed by atoms with Crippen LogP contribution >= 0.6 is 15.9 Å². The molecule has 0 radical (unpaired) electrons. The van der Waals surface area contributed by atoms with Crippen molar-refractivity contribution in [1.29, 1.82) is 0 Å². The molecule has 7 heteroatoms. The largest absolute Gasteiger partial charge is 0.496 e. The molecule has 0 aliphatic carbocycles. The molecule has 0 spiro atoms. The Morgan fingerprint density at radius 2 is 1.94 bits per heavy atom. The van der Waals surface area contributed by atoms with Crippen LogP contribution in [-0.2, 0) is 17.9 Å². The van der Waals surface area contributed by atoms with Crippen LogP contribution in [0.2, 0.25) is 0 Å². The lowest BCUT2D eigenvalue weighted by Crippen LogP contribution is -2.09. The van der Waals surface area contributed by atoms with Crippen LogP contribution < -0.4 is 14.8 Å². The molecular weight excluding hydrogens is 458 g/mol. The van der Waals surface area contributed by atoms with E-state index in [0.717, 1.165) is 50.7 Å². The van der Waals surface area contributed by atoms with E-state index >= 15 is 0 Å². The first-order valence-electron chi connectivity index (χ1n) is 9.99. The second-order valence-electron chi connectivity index (χ2n) is 7.00. The summed E-state index contributed by atoms with van der Waals surface area (Å²) in [6, 6.07) is 13.4. The van der Waals surface area contributed by atoms with Gasteiger partial charge in [-0.05, 0) is 68.8 Å². The van der Waals surface area contributed by atoms with Gasteiger partial charge in [0.1, 0.15) is 18.1 Å². The molecule has 1 amide bonds. The van der Waals surface area contributed by atoms with Gasteiger partial charge in [-0.2, -0.15) is 5.10 Å². The third-order valence-corrected chi connectivity index (χ3v) is 5.40. The minimum Gasteiger partial charge on any atom is -0.496 e. The number of anilines is 1. The van der Waals surface area contributed by atoms with Gasteiger partial charge in [0.15, 0.2) is 0 Å². The molecule has 0 atom stereocenters. The van der Waals surface area contributed by atoms with Crippen molar-refractivity contribution in [3.63, 3.8) is 0 Å². The maximum absolute atomic E-state index is 12.4. The van der Waals surface area contributed by atoms with E-state index in [9.17, 15) is 4.79 Å². The average Bonchev–Trinajstić information content (AvgIpc) is 3.05. The van der Waals surface area contributed by atoms with Gasteiger partial charge in [0.2, 0.25) is 5.91 Å². The van der Waals surface area contributed by atoms with E-state index in [-0.39, 0.29) is 5.91 Å². The molecule has 1 N–H and O–H groups in total.